The largest absolute Gasteiger partial charge is 0.493 e. The Balaban J connectivity index is 2.25. The minimum absolute atomic E-state index is 0.0689. The molecule has 0 aliphatic carbocycles. The molecule has 0 spiro atoms. The van der Waals surface area contributed by atoms with Crippen LogP contribution in [0, 0.1) is 0 Å². The molecule has 1 aliphatic rings. The Hall–Kier alpha value is -1.65. The van der Waals surface area contributed by atoms with Gasteiger partial charge in [0.05, 0.1) is 13.3 Å². The lowest BCUT2D eigenvalue weighted by atomic mass is 10.0. The number of hydrogen-bond acceptors (Lipinski definition) is 8. The number of hydrogen-bond donors (Lipinski definition) is 4. The van der Waals surface area contributed by atoms with Crippen LogP contribution >= 0.6 is 0 Å². The molecule has 0 saturated carbocycles. The summed E-state index contributed by atoms with van der Waals surface area (Å²) in [6.45, 7) is 0. The lowest BCUT2D eigenvalue weighted by molar-refractivity contribution is -0.321. The fraction of sp³-hybridized carbons (Fsp3) is 0.583. The summed E-state index contributed by atoms with van der Waals surface area (Å²) in [5.41, 5.74) is -0.334. The van der Waals surface area contributed by atoms with Gasteiger partial charge in [0.15, 0.2) is 17.8 Å². The van der Waals surface area contributed by atoms with E-state index in [0.29, 0.717) is 0 Å². The summed E-state index contributed by atoms with van der Waals surface area (Å²) in [5.74, 6) is 0.170. The third-order valence-electron chi connectivity index (χ3n) is 3.16. The van der Waals surface area contributed by atoms with Crippen molar-refractivity contribution >= 4 is 0 Å². The maximum atomic E-state index is 11.5. The Morgan fingerprint density at radius 3 is 2.43 bits per heavy atom. The molecule has 21 heavy (non-hydrogen) atoms. The predicted octanol–water partition coefficient (Wildman–Crippen LogP) is -2.47. The van der Waals surface area contributed by atoms with Crippen LogP contribution in [-0.4, -0.2) is 63.0 Å². The number of nitrogens with zero attached hydrogens (tertiary/aromatic N) is 1. The van der Waals surface area contributed by atoms with E-state index in [1.54, 1.807) is 0 Å². The minimum Gasteiger partial charge on any atom is -0.493 e. The average Bonchev–Trinajstić information content (AvgIpc) is 2.46. The van der Waals surface area contributed by atoms with E-state index in [1.807, 2.05) is 0 Å². The summed E-state index contributed by atoms with van der Waals surface area (Å²) >= 11 is 0. The highest BCUT2D eigenvalue weighted by atomic mass is 16.7. The first-order valence-corrected chi connectivity index (χ1v) is 6.14. The summed E-state index contributed by atoms with van der Waals surface area (Å²) < 4.78 is 16.4. The number of aliphatic hydroxyl groups is 4. The number of aliphatic hydroxyl groups excluding tert-OH is 4. The van der Waals surface area contributed by atoms with E-state index in [4.69, 9.17) is 14.2 Å². The predicted molar refractivity (Wildman–Crippen MR) is 67.8 cm³/mol. The Kier molecular flexibility index (Phi) is 4.49. The van der Waals surface area contributed by atoms with E-state index in [1.165, 1.54) is 31.0 Å². The number of methoxy groups -OCH3 is 1. The van der Waals surface area contributed by atoms with Gasteiger partial charge in [-0.1, -0.05) is 0 Å². The van der Waals surface area contributed by atoms with Gasteiger partial charge in [-0.2, -0.15) is 0 Å². The number of ether oxygens (including phenoxy) is 3. The third-order valence-corrected chi connectivity index (χ3v) is 3.16. The summed E-state index contributed by atoms with van der Waals surface area (Å²) in [5, 5.41) is 38.2. The molecular formula is C12H17NO8. The van der Waals surface area contributed by atoms with Crippen molar-refractivity contribution in [3.05, 3.63) is 22.6 Å². The van der Waals surface area contributed by atoms with Crippen molar-refractivity contribution in [2.24, 2.45) is 7.05 Å². The standard InChI is InChI=1S/C12H17NO8/c1-13-4-6(5(19-2)3-7(13)14)20-12-10(17)8(15)9(16)11(18)21-12/h3-4,8-12,15-18H,1-2H3/t8-,9-,10+,11-,12+/m0/s1. The van der Waals surface area contributed by atoms with Gasteiger partial charge in [-0.25, -0.2) is 0 Å². The van der Waals surface area contributed by atoms with Crippen molar-refractivity contribution in [1.29, 1.82) is 0 Å². The summed E-state index contributed by atoms with van der Waals surface area (Å²) in [6.07, 6.45) is -6.73. The van der Waals surface area contributed by atoms with Crippen molar-refractivity contribution in [2.45, 2.75) is 30.9 Å². The van der Waals surface area contributed by atoms with Gasteiger partial charge in [-0.3, -0.25) is 4.79 Å². The van der Waals surface area contributed by atoms with Gasteiger partial charge >= 0.3 is 0 Å². The summed E-state index contributed by atoms with van der Waals surface area (Å²) in [4.78, 5) is 11.5. The highest BCUT2D eigenvalue weighted by Crippen LogP contribution is 2.29. The second kappa shape index (κ2) is 6.00. The van der Waals surface area contributed by atoms with Gasteiger partial charge in [0.25, 0.3) is 5.56 Å². The van der Waals surface area contributed by atoms with Crippen LogP contribution in [0.3, 0.4) is 0 Å². The van der Waals surface area contributed by atoms with E-state index in [-0.39, 0.29) is 17.1 Å². The van der Waals surface area contributed by atoms with E-state index >= 15 is 0 Å². The monoisotopic (exact) mass is 303 g/mol. The molecule has 1 saturated heterocycles. The lowest BCUT2D eigenvalue weighted by Gasteiger charge is -2.37. The molecule has 2 rings (SSSR count). The van der Waals surface area contributed by atoms with Crippen LogP contribution in [0.5, 0.6) is 11.5 Å². The first-order chi connectivity index (χ1) is 9.85. The zero-order valence-electron chi connectivity index (χ0n) is 11.4. The molecule has 0 aromatic carbocycles. The average molecular weight is 303 g/mol. The van der Waals surface area contributed by atoms with Crippen molar-refractivity contribution in [3.8, 4) is 11.5 Å². The van der Waals surface area contributed by atoms with E-state index in [9.17, 15) is 25.2 Å². The smallest absolute Gasteiger partial charge is 0.254 e. The molecule has 0 bridgehead atoms. The van der Waals surface area contributed by atoms with Crippen LogP contribution in [-0.2, 0) is 11.8 Å². The fourth-order valence-corrected chi connectivity index (χ4v) is 1.89. The molecule has 1 fully saturated rings. The summed E-state index contributed by atoms with van der Waals surface area (Å²) in [7, 11) is 2.81. The fourth-order valence-electron chi connectivity index (χ4n) is 1.89. The molecule has 118 valence electrons. The lowest BCUT2D eigenvalue weighted by Crippen LogP contribution is -2.59. The van der Waals surface area contributed by atoms with Crippen LogP contribution < -0.4 is 15.0 Å². The normalized spacial score (nSPS) is 32.8. The molecule has 0 unspecified atom stereocenters. The maximum absolute atomic E-state index is 11.5. The van der Waals surface area contributed by atoms with Crippen molar-refractivity contribution in [3.63, 3.8) is 0 Å². The van der Waals surface area contributed by atoms with Gasteiger partial charge in [0.1, 0.15) is 18.3 Å². The van der Waals surface area contributed by atoms with E-state index in [2.05, 4.69) is 0 Å². The molecule has 5 atom stereocenters. The third kappa shape index (κ3) is 3.01. The second-order valence-corrected chi connectivity index (χ2v) is 4.64. The van der Waals surface area contributed by atoms with E-state index in [0.717, 1.165) is 0 Å². The van der Waals surface area contributed by atoms with Crippen LogP contribution in [0.2, 0.25) is 0 Å². The van der Waals surface area contributed by atoms with Gasteiger partial charge in [-0.05, 0) is 0 Å². The molecular weight excluding hydrogens is 286 g/mol. The zero-order chi connectivity index (χ0) is 15.7. The van der Waals surface area contributed by atoms with Crippen LogP contribution in [0.4, 0.5) is 0 Å². The molecule has 1 aliphatic heterocycles. The van der Waals surface area contributed by atoms with E-state index < -0.39 is 30.9 Å². The number of rotatable bonds is 3. The zero-order valence-corrected chi connectivity index (χ0v) is 11.4. The van der Waals surface area contributed by atoms with Crippen LogP contribution in [0.1, 0.15) is 0 Å². The highest BCUT2D eigenvalue weighted by Gasteiger charge is 2.44. The molecule has 9 nitrogen and oxygen atoms in total. The van der Waals surface area contributed by atoms with Crippen LogP contribution in [0.15, 0.2) is 17.1 Å². The quantitative estimate of drug-likeness (QED) is 0.483. The van der Waals surface area contributed by atoms with Crippen molar-refractivity contribution in [2.75, 3.05) is 7.11 Å². The molecule has 1 aromatic rings. The number of aryl methyl sites for hydroxylation is 1. The summed E-state index contributed by atoms with van der Waals surface area (Å²) in [6, 6.07) is 1.17. The number of pyridine rings is 1. The Morgan fingerprint density at radius 1 is 1.14 bits per heavy atom. The van der Waals surface area contributed by atoms with Gasteiger partial charge in [-0.15, -0.1) is 0 Å². The Morgan fingerprint density at radius 2 is 1.81 bits per heavy atom. The van der Waals surface area contributed by atoms with Crippen LogP contribution in [0.25, 0.3) is 0 Å². The van der Waals surface area contributed by atoms with Gasteiger partial charge in [0.2, 0.25) is 6.29 Å². The highest BCUT2D eigenvalue weighted by molar-refractivity contribution is 5.37. The topological polar surface area (TPSA) is 131 Å². The molecule has 9 heteroatoms. The molecule has 2 heterocycles. The Bertz CT molecular complexity index is 559. The second-order valence-electron chi connectivity index (χ2n) is 4.64. The maximum Gasteiger partial charge on any atom is 0.254 e. The number of aromatic nitrogens is 1. The molecule has 0 amide bonds. The molecule has 1 aromatic heterocycles. The Labute approximate surface area is 119 Å². The minimum atomic E-state index is -1.72. The van der Waals surface area contributed by atoms with Crippen molar-refractivity contribution in [1.82, 2.24) is 4.57 Å². The molecule has 0 radical (unpaired) electrons. The van der Waals surface area contributed by atoms with Gasteiger partial charge in [0, 0.05) is 13.1 Å². The first-order valence-electron chi connectivity index (χ1n) is 6.14. The molecule has 4 N–H and O–H groups in total. The SMILES string of the molecule is COc1cc(=O)n(C)cc1O[C@@H]1O[C@H](O)[C@@H](O)[C@H](O)[C@H]1O. The van der Waals surface area contributed by atoms with Gasteiger partial charge < -0.3 is 39.2 Å². The first kappa shape index (κ1) is 15.7. The van der Waals surface area contributed by atoms with Crippen molar-refractivity contribution < 1.29 is 34.6 Å².